The lowest BCUT2D eigenvalue weighted by molar-refractivity contribution is -0.122. The Morgan fingerprint density at radius 3 is 2.87 bits per heavy atom. The van der Waals surface area contributed by atoms with Gasteiger partial charge in [-0.15, -0.1) is 5.10 Å². The predicted molar refractivity (Wildman–Crippen MR) is 85.4 cm³/mol. The van der Waals surface area contributed by atoms with Crippen LogP contribution in [0.15, 0.2) is 23.3 Å². The van der Waals surface area contributed by atoms with Crippen LogP contribution in [0.3, 0.4) is 0 Å². The maximum Gasteiger partial charge on any atom is 0.240 e. The molecule has 122 valence electrons. The van der Waals surface area contributed by atoms with Crippen molar-refractivity contribution in [3.05, 3.63) is 29.0 Å². The van der Waals surface area contributed by atoms with E-state index in [-0.39, 0.29) is 28.4 Å². The fourth-order valence-corrected chi connectivity index (χ4v) is 2.78. The number of carbonyl (C=O) groups excluding carboxylic acids is 3. The molecule has 3 N–H and O–H groups in total. The van der Waals surface area contributed by atoms with Crippen LogP contribution in [-0.2, 0) is 14.4 Å². The standard InChI is InChI=1S/C13H12ClFN4O3S/c1-6(20)18-19-13-17-12(22)10(23-13)5-11(21)16-7-2-3-9(15)8(14)4-7/h2-4,10H,5H2,1H3,(H,16,21)(H,18,20)(H,17,19,22)/t10-/m1/s1. The number of thioether (sulfide) groups is 1. The summed E-state index contributed by atoms with van der Waals surface area (Å²) in [5.74, 6) is -1.77. The van der Waals surface area contributed by atoms with Gasteiger partial charge >= 0.3 is 0 Å². The lowest BCUT2D eigenvalue weighted by atomic mass is 10.2. The van der Waals surface area contributed by atoms with E-state index in [9.17, 15) is 18.8 Å². The number of hydrogen-bond donors (Lipinski definition) is 3. The maximum atomic E-state index is 13.0. The molecule has 1 aliphatic heterocycles. The Morgan fingerprint density at radius 2 is 2.22 bits per heavy atom. The quantitative estimate of drug-likeness (QED) is 0.709. The normalized spacial score (nSPS) is 18.7. The molecule has 0 radical (unpaired) electrons. The molecule has 0 aromatic heterocycles. The number of halogens is 2. The number of hydrazone groups is 1. The fraction of sp³-hybridized carbons (Fsp3) is 0.231. The van der Waals surface area contributed by atoms with E-state index in [0.717, 1.165) is 17.8 Å². The second-order valence-electron chi connectivity index (χ2n) is 4.56. The highest BCUT2D eigenvalue weighted by atomic mass is 35.5. The summed E-state index contributed by atoms with van der Waals surface area (Å²) >= 11 is 6.66. The van der Waals surface area contributed by atoms with Gasteiger partial charge < -0.3 is 10.6 Å². The molecular formula is C13H12ClFN4O3S. The Morgan fingerprint density at radius 1 is 1.48 bits per heavy atom. The number of nitrogens with zero attached hydrogens (tertiary/aromatic N) is 1. The first-order chi connectivity index (χ1) is 10.8. The summed E-state index contributed by atoms with van der Waals surface area (Å²) in [7, 11) is 0. The van der Waals surface area contributed by atoms with E-state index in [1.165, 1.54) is 19.1 Å². The van der Waals surface area contributed by atoms with Gasteiger partial charge in [-0.1, -0.05) is 23.4 Å². The lowest BCUT2D eigenvalue weighted by Crippen LogP contribution is -2.28. The number of rotatable bonds is 4. The summed E-state index contributed by atoms with van der Waals surface area (Å²) in [5, 5.41) is 8.11. The van der Waals surface area contributed by atoms with E-state index in [1.54, 1.807) is 0 Å². The van der Waals surface area contributed by atoms with E-state index in [4.69, 9.17) is 11.6 Å². The van der Waals surface area contributed by atoms with Gasteiger partial charge in [-0.05, 0) is 18.2 Å². The number of benzene rings is 1. The van der Waals surface area contributed by atoms with Crippen LogP contribution in [0.2, 0.25) is 5.02 Å². The molecule has 1 aliphatic rings. The lowest BCUT2D eigenvalue weighted by Gasteiger charge is -2.08. The first-order valence-electron chi connectivity index (χ1n) is 6.42. The highest BCUT2D eigenvalue weighted by molar-refractivity contribution is 8.15. The summed E-state index contributed by atoms with van der Waals surface area (Å²) in [4.78, 5) is 34.4. The van der Waals surface area contributed by atoms with Crippen LogP contribution >= 0.6 is 23.4 Å². The predicted octanol–water partition coefficient (Wildman–Crippen LogP) is 1.45. The van der Waals surface area contributed by atoms with Crippen LogP contribution in [0, 0.1) is 5.82 Å². The Bertz CT molecular complexity index is 698. The van der Waals surface area contributed by atoms with Gasteiger partial charge in [-0.2, -0.15) is 0 Å². The van der Waals surface area contributed by atoms with Crippen molar-refractivity contribution in [1.29, 1.82) is 0 Å². The van der Waals surface area contributed by atoms with Gasteiger partial charge in [0.1, 0.15) is 11.1 Å². The minimum Gasteiger partial charge on any atom is -0.326 e. The third-order valence-corrected chi connectivity index (χ3v) is 4.04. The molecule has 1 aromatic rings. The number of carbonyl (C=O) groups is 3. The van der Waals surface area contributed by atoms with Crippen LogP contribution in [0.25, 0.3) is 0 Å². The summed E-state index contributed by atoms with van der Waals surface area (Å²) in [6.07, 6.45) is -0.107. The molecule has 7 nitrogen and oxygen atoms in total. The van der Waals surface area contributed by atoms with Crippen molar-refractivity contribution in [3.8, 4) is 0 Å². The highest BCUT2D eigenvalue weighted by Gasteiger charge is 2.32. The molecule has 23 heavy (non-hydrogen) atoms. The van der Waals surface area contributed by atoms with Crippen molar-refractivity contribution >= 4 is 51.9 Å². The van der Waals surface area contributed by atoms with Gasteiger partial charge in [-0.25, -0.2) is 9.82 Å². The van der Waals surface area contributed by atoms with Gasteiger partial charge in [0.25, 0.3) is 0 Å². The largest absolute Gasteiger partial charge is 0.326 e. The Hall–Kier alpha value is -2.13. The third-order valence-electron chi connectivity index (χ3n) is 2.67. The molecule has 0 saturated carbocycles. The molecule has 3 amide bonds. The molecule has 0 aliphatic carbocycles. The molecule has 1 heterocycles. The molecule has 10 heteroatoms. The second kappa shape index (κ2) is 7.42. The van der Waals surface area contributed by atoms with Crippen LogP contribution in [0.1, 0.15) is 13.3 Å². The zero-order valence-electron chi connectivity index (χ0n) is 11.9. The van der Waals surface area contributed by atoms with Gasteiger partial charge in [0, 0.05) is 19.0 Å². The van der Waals surface area contributed by atoms with Crippen molar-refractivity contribution in [2.75, 3.05) is 5.32 Å². The molecule has 1 fully saturated rings. The molecule has 1 aromatic carbocycles. The molecule has 0 unspecified atom stereocenters. The number of amidine groups is 1. The zero-order chi connectivity index (χ0) is 17.0. The number of anilines is 1. The van der Waals surface area contributed by atoms with E-state index in [1.807, 2.05) is 0 Å². The average Bonchev–Trinajstić information content (AvgIpc) is 2.81. The SMILES string of the molecule is CC(=O)N/N=C1\NC(=O)[C@@H](CC(=O)Nc2ccc(F)c(Cl)c2)S1. The van der Waals surface area contributed by atoms with Crippen LogP contribution in [0.4, 0.5) is 10.1 Å². The molecule has 0 spiro atoms. The van der Waals surface area contributed by atoms with Crippen molar-refractivity contribution in [2.45, 2.75) is 18.6 Å². The number of nitrogens with one attached hydrogen (secondary N) is 3. The Kier molecular flexibility index (Phi) is 5.56. The van der Waals surface area contributed by atoms with Crippen molar-refractivity contribution in [3.63, 3.8) is 0 Å². The topological polar surface area (TPSA) is 99.7 Å². The van der Waals surface area contributed by atoms with Crippen LogP contribution < -0.4 is 16.1 Å². The molecule has 1 saturated heterocycles. The van der Waals surface area contributed by atoms with Gasteiger partial charge in [0.15, 0.2) is 5.17 Å². The van der Waals surface area contributed by atoms with E-state index < -0.39 is 17.0 Å². The third kappa shape index (κ3) is 4.93. The van der Waals surface area contributed by atoms with Gasteiger partial charge in [-0.3, -0.25) is 14.4 Å². The minimum atomic E-state index is -0.668. The van der Waals surface area contributed by atoms with Gasteiger partial charge in [0.2, 0.25) is 17.7 Å². The Labute approximate surface area is 140 Å². The smallest absolute Gasteiger partial charge is 0.240 e. The molecule has 2 rings (SSSR count). The van der Waals surface area contributed by atoms with Crippen molar-refractivity contribution < 1.29 is 18.8 Å². The van der Waals surface area contributed by atoms with Crippen LogP contribution in [0.5, 0.6) is 0 Å². The monoisotopic (exact) mass is 358 g/mol. The van der Waals surface area contributed by atoms with E-state index in [0.29, 0.717) is 5.69 Å². The fourth-order valence-electron chi connectivity index (χ4n) is 1.68. The zero-order valence-corrected chi connectivity index (χ0v) is 13.4. The first kappa shape index (κ1) is 17.2. The molecular weight excluding hydrogens is 347 g/mol. The van der Waals surface area contributed by atoms with Crippen LogP contribution in [-0.4, -0.2) is 28.1 Å². The Balaban J connectivity index is 1.92. The van der Waals surface area contributed by atoms with E-state index >= 15 is 0 Å². The molecule has 1 atom stereocenters. The highest BCUT2D eigenvalue weighted by Crippen LogP contribution is 2.23. The summed E-state index contributed by atoms with van der Waals surface area (Å²) < 4.78 is 13.0. The van der Waals surface area contributed by atoms with Crippen molar-refractivity contribution in [1.82, 2.24) is 10.7 Å². The number of amides is 3. The van der Waals surface area contributed by atoms with Crippen molar-refractivity contribution in [2.24, 2.45) is 5.10 Å². The van der Waals surface area contributed by atoms with E-state index in [2.05, 4.69) is 21.2 Å². The minimum absolute atomic E-state index is 0.107. The average molecular weight is 359 g/mol. The molecule has 0 bridgehead atoms. The number of hydrogen-bond acceptors (Lipinski definition) is 5. The maximum absolute atomic E-state index is 13.0. The van der Waals surface area contributed by atoms with Gasteiger partial charge in [0.05, 0.1) is 5.02 Å². The summed E-state index contributed by atoms with van der Waals surface area (Å²) in [6, 6.07) is 3.78. The summed E-state index contributed by atoms with van der Waals surface area (Å²) in [5.41, 5.74) is 2.53. The summed E-state index contributed by atoms with van der Waals surface area (Å²) in [6.45, 7) is 1.28. The first-order valence-corrected chi connectivity index (χ1v) is 7.67. The second-order valence-corrected chi connectivity index (χ2v) is 6.16.